The highest BCUT2D eigenvalue weighted by Gasteiger charge is 2.26. The first-order valence-corrected chi connectivity index (χ1v) is 10.4. The van der Waals surface area contributed by atoms with Crippen molar-refractivity contribution in [1.29, 1.82) is 0 Å². The van der Waals surface area contributed by atoms with Crippen LogP contribution < -0.4 is 4.72 Å². The minimum Gasteiger partial charge on any atom is -0.339 e. The number of anilines is 1. The van der Waals surface area contributed by atoms with E-state index in [1.165, 1.54) is 0 Å². The molecule has 3 rings (SSSR count). The molecule has 1 amide bonds. The predicted molar refractivity (Wildman–Crippen MR) is 101 cm³/mol. The lowest BCUT2D eigenvalue weighted by molar-refractivity contribution is 0.0710. The molecule has 1 fully saturated rings. The van der Waals surface area contributed by atoms with Crippen LogP contribution in [0, 0.1) is 0 Å². The van der Waals surface area contributed by atoms with Crippen LogP contribution in [0.3, 0.4) is 0 Å². The number of piperidine rings is 1. The average molecular weight is 376 g/mol. The van der Waals surface area contributed by atoms with Crippen LogP contribution in [-0.2, 0) is 17.1 Å². The average Bonchev–Trinajstić information content (AvgIpc) is 3.07. The van der Waals surface area contributed by atoms with Crippen molar-refractivity contribution in [2.45, 2.75) is 25.7 Å². The smallest absolute Gasteiger partial charge is 0.253 e. The molecule has 0 aliphatic carbocycles. The maximum atomic E-state index is 12.7. The molecule has 1 aromatic carbocycles. The minimum atomic E-state index is -3.31. The zero-order chi connectivity index (χ0) is 18.7. The molecular weight excluding hydrogens is 352 g/mol. The van der Waals surface area contributed by atoms with Gasteiger partial charge in [-0.15, -0.1) is 0 Å². The van der Waals surface area contributed by atoms with Gasteiger partial charge >= 0.3 is 0 Å². The fraction of sp³-hybridized carbons (Fsp3) is 0.444. The third-order valence-electron chi connectivity index (χ3n) is 4.79. The summed E-state index contributed by atoms with van der Waals surface area (Å²) in [6.45, 7) is 2.97. The summed E-state index contributed by atoms with van der Waals surface area (Å²) < 4.78 is 27.7. The van der Waals surface area contributed by atoms with Crippen LogP contribution in [-0.4, -0.2) is 47.6 Å². The van der Waals surface area contributed by atoms with Crippen molar-refractivity contribution in [3.05, 3.63) is 48.0 Å². The van der Waals surface area contributed by atoms with Crippen LogP contribution in [0.2, 0.25) is 0 Å². The van der Waals surface area contributed by atoms with Gasteiger partial charge in [0.15, 0.2) is 0 Å². The molecule has 2 heterocycles. The summed E-state index contributed by atoms with van der Waals surface area (Å²) in [6, 6.07) is 6.59. The van der Waals surface area contributed by atoms with Gasteiger partial charge < -0.3 is 9.47 Å². The van der Waals surface area contributed by atoms with Crippen LogP contribution in [0.25, 0.3) is 0 Å². The van der Waals surface area contributed by atoms with Gasteiger partial charge in [-0.25, -0.2) is 13.4 Å². The van der Waals surface area contributed by atoms with Gasteiger partial charge in [-0.1, -0.05) is 0 Å². The second kappa shape index (κ2) is 7.49. The number of nitrogens with one attached hydrogen (secondary N) is 1. The summed E-state index contributed by atoms with van der Waals surface area (Å²) >= 11 is 0. The van der Waals surface area contributed by atoms with Gasteiger partial charge in [-0.2, -0.15) is 0 Å². The standard InChI is InChI=1S/C18H24N4O3S/c1-3-26(24,25)20-16-6-4-15(5-7-16)18(23)22-11-8-14(9-12-22)17-19-10-13-21(17)2/h4-7,10,13-14,20H,3,8-9,11-12H2,1-2H3. The van der Waals surface area contributed by atoms with Crippen LogP contribution >= 0.6 is 0 Å². The molecule has 1 aliphatic heterocycles. The van der Waals surface area contributed by atoms with E-state index in [9.17, 15) is 13.2 Å². The maximum Gasteiger partial charge on any atom is 0.253 e. The first kappa shape index (κ1) is 18.4. The van der Waals surface area contributed by atoms with Gasteiger partial charge in [-0.05, 0) is 44.0 Å². The number of benzene rings is 1. The molecule has 0 spiro atoms. The van der Waals surface area contributed by atoms with Crippen LogP contribution in [0.5, 0.6) is 0 Å². The monoisotopic (exact) mass is 376 g/mol. The first-order chi connectivity index (χ1) is 12.4. The number of hydrogen-bond donors (Lipinski definition) is 1. The minimum absolute atomic E-state index is 0.0125. The van der Waals surface area contributed by atoms with E-state index in [1.54, 1.807) is 37.4 Å². The normalized spacial score (nSPS) is 15.8. The molecule has 7 nitrogen and oxygen atoms in total. The van der Waals surface area contributed by atoms with Crippen molar-refractivity contribution in [3.8, 4) is 0 Å². The van der Waals surface area contributed by atoms with E-state index < -0.39 is 10.0 Å². The molecule has 0 unspecified atom stereocenters. The number of sulfonamides is 1. The first-order valence-electron chi connectivity index (χ1n) is 8.76. The van der Waals surface area contributed by atoms with Gasteiger partial charge in [0.25, 0.3) is 5.91 Å². The Morgan fingerprint density at radius 2 is 1.88 bits per heavy atom. The van der Waals surface area contributed by atoms with E-state index in [4.69, 9.17) is 0 Å². The van der Waals surface area contributed by atoms with Crippen molar-refractivity contribution in [3.63, 3.8) is 0 Å². The van der Waals surface area contributed by atoms with Crippen LogP contribution in [0.15, 0.2) is 36.7 Å². The van der Waals surface area contributed by atoms with Crippen molar-refractivity contribution >= 4 is 21.6 Å². The Balaban J connectivity index is 1.61. The number of amides is 1. The molecule has 1 aliphatic rings. The summed E-state index contributed by atoms with van der Waals surface area (Å²) in [7, 11) is -1.32. The maximum absolute atomic E-state index is 12.7. The highest BCUT2D eigenvalue weighted by atomic mass is 32.2. The van der Waals surface area contributed by atoms with E-state index in [0.717, 1.165) is 18.7 Å². The number of nitrogens with zero attached hydrogens (tertiary/aromatic N) is 3. The lowest BCUT2D eigenvalue weighted by Gasteiger charge is -2.31. The third-order valence-corrected chi connectivity index (χ3v) is 6.10. The van der Waals surface area contributed by atoms with E-state index in [1.807, 2.05) is 22.7 Å². The van der Waals surface area contributed by atoms with Gasteiger partial charge in [0.2, 0.25) is 10.0 Å². The molecule has 1 aromatic heterocycles. The lowest BCUT2D eigenvalue weighted by Crippen LogP contribution is -2.38. The Hall–Kier alpha value is -2.35. The SMILES string of the molecule is CCS(=O)(=O)Nc1ccc(C(=O)N2CCC(c3nccn3C)CC2)cc1. The van der Waals surface area contributed by atoms with Crippen molar-refractivity contribution in [2.75, 3.05) is 23.6 Å². The topological polar surface area (TPSA) is 84.3 Å². The van der Waals surface area contributed by atoms with E-state index in [-0.39, 0.29) is 11.7 Å². The molecule has 1 N–H and O–H groups in total. The number of likely N-dealkylation sites (tertiary alicyclic amines) is 1. The second-order valence-corrected chi connectivity index (χ2v) is 8.56. The molecule has 1 saturated heterocycles. The third kappa shape index (κ3) is 4.07. The predicted octanol–water partition coefficient (Wildman–Crippen LogP) is 2.20. The number of carbonyl (C=O) groups is 1. The Kier molecular flexibility index (Phi) is 5.31. The summed E-state index contributed by atoms with van der Waals surface area (Å²) in [6.07, 6.45) is 5.54. The molecule has 140 valence electrons. The number of carbonyl (C=O) groups excluding carboxylic acids is 1. The van der Waals surface area contributed by atoms with E-state index in [2.05, 4.69) is 9.71 Å². The second-order valence-electron chi connectivity index (χ2n) is 6.55. The summed E-state index contributed by atoms with van der Waals surface area (Å²) in [5.41, 5.74) is 1.04. The van der Waals surface area contributed by atoms with Crippen molar-refractivity contribution in [2.24, 2.45) is 7.05 Å². The Morgan fingerprint density at radius 1 is 1.23 bits per heavy atom. The van der Waals surface area contributed by atoms with E-state index in [0.29, 0.717) is 30.3 Å². The van der Waals surface area contributed by atoms with Gasteiger partial charge in [-0.3, -0.25) is 9.52 Å². The van der Waals surface area contributed by atoms with Crippen molar-refractivity contribution in [1.82, 2.24) is 14.5 Å². The quantitative estimate of drug-likeness (QED) is 0.867. The van der Waals surface area contributed by atoms with Gasteiger partial charge in [0.1, 0.15) is 5.82 Å². The molecule has 0 bridgehead atoms. The lowest BCUT2D eigenvalue weighted by atomic mass is 9.95. The van der Waals surface area contributed by atoms with E-state index >= 15 is 0 Å². The van der Waals surface area contributed by atoms with Crippen molar-refractivity contribution < 1.29 is 13.2 Å². The largest absolute Gasteiger partial charge is 0.339 e. The molecule has 0 atom stereocenters. The molecule has 8 heteroatoms. The Labute approximate surface area is 154 Å². The van der Waals surface area contributed by atoms with Crippen LogP contribution in [0.4, 0.5) is 5.69 Å². The summed E-state index contributed by atoms with van der Waals surface area (Å²) in [5, 5.41) is 0. The molecule has 26 heavy (non-hydrogen) atoms. The Morgan fingerprint density at radius 3 is 2.42 bits per heavy atom. The number of rotatable bonds is 5. The molecular formula is C18H24N4O3S. The summed E-state index contributed by atoms with van der Waals surface area (Å²) in [4.78, 5) is 18.9. The zero-order valence-electron chi connectivity index (χ0n) is 15.1. The summed E-state index contributed by atoms with van der Waals surface area (Å²) in [5.74, 6) is 1.45. The number of imidazole rings is 1. The number of aryl methyl sites for hydroxylation is 1. The zero-order valence-corrected chi connectivity index (χ0v) is 15.9. The van der Waals surface area contributed by atoms with Crippen LogP contribution in [0.1, 0.15) is 41.9 Å². The molecule has 2 aromatic rings. The Bertz CT molecular complexity index is 866. The molecule has 0 saturated carbocycles. The van der Waals surface area contributed by atoms with Gasteiger partial charge in [0.05, 0.1) is 5.75 Å². The fourth-order valence-electron chi connectivity index (χ4n) is 3.23. The van der Waals surface area contributed by atoms with Gasteiger partial charge in [0, 0.05) is 49.7 Å². The molecule has 0 radical (unpaired) electrons. The number of aromatic nitrogens is 2. The highest BCUT2D eigenvalue weighted by molar-refractivity contribution is 7.92. The highest BCUT2D eigenvalue weighted by Crippen LogP contribution is 2.27. The number of hydrogen-bond acceptors (Lipinski definition) is 4. The fourth-order valence-corrected chi connectivity index (χ4v) is 3.87.